The molecule has 166 valence electrons. The van der Waals surface area contributed by atoms with E-state index < -0.39 is 0 Å². The number of hydrogen-bond donors (Lipinski definition) is 1. The van der Waals surface area contributed by atoms with Crippen molar-refractivity contribution >= 4 is 28.8 Å². The quantitative estimate of drug-likeness (QED) is 0.472. The molecule has 0 atom stereocenters. The second kappa shape index (κ2) is 9.46. The van der Waals surface area contributed by atoms with E-state index in [9.17, 15) is 0 Å². The summed E-state index contributed by atoms with van der Waals surface area (Å²) in [5.41, 5.74) is 7.99. The van der Waals surface area contributed by atoms with Gasteiger partial charge in [-0.15, -0.1) is 6.58 Å². The molecule has 0 bridgehead atoms. The van der Waals surface area contributed by atoms with Crippen LogP contribution in [0.5, 0.6) is 11.5 Å². The summed E-state index contributed by atoms with van der Waals surface area (Å²) in [7, 11) is 3.24. The van der Waals surface area contributed by atoms with E-state index in [0.717, 1.165) is 22.5 Å². The number of nitrogens with zero attached hydrogens (tertiary/aromatic N) is 3. The lowest BCUT2D eigenvalue weighted by Crippen LogP contribution is -2.35. The number of methoxy groups -OCH3 is 2. The molecule has 2 aromatic rings. The molecule has 0 radical (unpaired) electrons. The Labute approximate surface area is 192 Å². The van der Waals surface area contributed by atoms with Crippen LogP contribution in [0.3, 0.4) is 0 Å². The first-order valence-corrected chi connectivity index (χ1v) is 10.6. The van der Waals surface area contributed by atoms with Crippen molar-refractivity contribution in [2.24, 2.45) is 9.98 Å². The number of amidine groups is 1. The van der Waals surface area contributed by atoms with Crippen LogP contribution in [-0.2, 0) is 4.74 Å². The van der Waals surface area contributed by atoms with Gasteiger partial charge < -0.3 is 14.2 Å². The van der Waals surface area contributed by atoms with E-state index >= 15 is 0 Å². The van der Waals surface area contributed by atoms with E-state index in [-0.39, 0.29) is 0 Å². The number of halogens is 1. The molecule has 1 N–H and O–H groups in total. The second-order valence-corrected chi connectivity index (χ2v) is 7.63. The monoisotopic (exact) mass is 452 g/mol. The molecule has 2 heterocycles. The molecule has 2 aliphatic rings. The maximum atomic E-state index is 6.58. The summed E-state index contributed by atoms with van der Waals surface area (Å²) in [5.74, 6) is 1.87. The molecule has 2 aromatic carbocycles. The molecule has 0 saturated carbocycles. The van der Waals surface area contributed by atoms with Crippen LogP contribution in [0, 0.1) is 0 Å². The van der Waals surface area contributed by atoms with Crippen LogP contribution in [0.2, 0.25) is 5.02 Å². The Kier molecular flexibility index (Phi) is 6.48. The minimum atomic E-state index is 0.391. The van der Waals surface area contributed by atoms with E-state index in [1.165, 1.54) is 0 Å². The highest BCUT2D eigenvalue weighted by atomic mass is 35.5. The van der Waals surface area contributed by atoms with Gasteiger partial charge in [0.2, 0.25) is 0 Å². The largest absolute Gasteiger partial charge is 0.493 e. The van der Waals surface area contributed by atoms with Crippen molar-refractivity contribution in [2.45, 2.75) is 6.92 Å². The lowest BCUT2D eigenvalue weighted by Gasteiger charge is -2.18. The SMILES string of the molecule is C=CCN1NC(C)=C2N=C(c3ccccc3Cl)c3cc(OC)c(OCCOC)cc3N=C21. The van der Waals surface area contributed by atoms with Gasteiger partial charge in [0.1, 0.15) is 12.3 Å². The Hall–Kier alpha value is -3.29. The van der Waals surface area contributed by atoms with E-state index in [0.29, 0.717) is 53.5 Å². The average Bonchev–Trinajstić information content (AvgIpc) is 2.97. The predicted octanol–water partition coefficient (Wildman–Crippen LogP) is 4.49. The first-order valence-electron chi connectivity index (χ1n) is 10.2. The Morgan fingerprint density at radius 3 is 2.62 bits per heavy atom. The van der Waals surface area contributed by atoms with Crippen LogP contribution in [0.15, 0.2) is 70.4 Å². The van der Waals surface area contributed by atoms with Crippen molar-refractivity contribution in [2.75, 3.05) is 34.0 Å². The third-order valence-corrected chi connectivity index (χ3v) is 5.43. The van der Waals surface area contributed by atoms with Gasteiger partial charge in [-0.2, -0.15) is 0 Å². The number of hydrazine groups is 1. The standard InChI is InChI=1S/C24H25ClN4O3/c1-5-10-29-24-22(15(2)28-29)27-23(16-8-6-7-9-18(16)25)17-13-20(31-4)21(14-19(17)26-24)32-12-11-30-3/h5-9,13-14,28H,1,10-12H2,2-4H3. The number of nitrogens with one attached hydrogen (secondary N) is 1. The van der Waals surface area contributed by atoms with Gasteiger partial charge in [-0.05, 0) is 19.1 Å². The summed E-state index contributed by atoms with van der Waals surface area (Å²) in [4.78, 5) is 10.0. The number of fused-ring (bicyclic) bond motifs is 2. The number of benzene rings is 2. The summed E-state index contributed by atoms with van der Waals surface area (Å²) in [6.45, 7) is 7.24. The fourth-order valence-corrected chi connectivity index (χ4v) is 3.82. The van der Waals surface area contributed by atoms with Crippen LogP contribution >= 0.6 is 11.6 Å². The Bertz CT molecular complexity index is 1140. The van der Waals surface area contributed by atoms with E-state index in [1.54, 1.807) is 14.2 Å². The number of aliphatic imine (C=N–C) groups is 2. The first-order chi connectivity index (χ1) is 15.6. The minimum Gasteiger partial charge on any atom is -0.493 e. The van der Waals surface area contributed by atoms with Gasteiger partial charge in [0, 0.05) is 29.3 Å². The molecule has 32 heavy (non-hydrogen) atoms. The van der Waals surface area contributed by atoms with E-state index in [1.807, 2.05) is 54.4 Å². The maximum absolute atomic E-state index is 6.58. The summed E-state index contributed by atoms with van der Waals surface area (Å²) in [6, 6.07) is 11.4. The van der Waals surface area contributed by atoms with Crippen molar-refractivity contribution in [3.05, 3.63) is 76.6 Å². The Balaban J connectivity index is 1.94. The Morgan fingerprint density at radius 1 is 1.09 bits per heavy atom. The molecule has 8 heteroatoms. The Morgan fingerprint density at radius 2 is 1.91 bits per heavy atom. The smallest absolute Gasteiger partial charge is 0.176 e. The average molecular weight is 453 g/mol. The zero-order valence-electron chi connectivity index (χ0n) is 18.3. The van der Waals surface area contributed by atoms with Gasteiger partial charge in [0.05, 0.1) is 37.4 Å². The van der Waals surface area contributed by atoms with Gasteiger partial charge in [-0.1, -0.05) is 35.9 Å². The third kappa shape index (κ3) is 4.09. The highest BCUT2D eigenvalue weighted by Gasteiger charge is 2.30. The van der Waals surface area contributed by atoms with Crippen LogP contribution in [0.25, 0.3) is 0 Å². The molecule has 0 saturated heterocycles. The molecule has 0 fully saturated rings. The van der Waals surface area contributed by atoms with Crippen molar-refractivity contribution in [3.63, 3.8) is 0 Å². The minimum absolute atomic E-state index is 0.391. The highest BCUT2D eigenvalue weighted by molar-refractivity contribution is 6.36. The molecule has 0 aliphatic carbocycles. The highest BCUT2D eigenvalue weighted by Crippen LogP contribution is 2.40. The van der Waals surface area contributed by atoms with Crippen LogP contribution in [0.4, 0.5) is 5.69 Å². The van der Waals surface area contributed by atoms with Gasteiger partial charge in [-0.25, -0.2) is 9.98 Å². The van der Waals surface area contributed by atoms with Crippen molar-refractivity contribution in [3.8, 4) is 11.5 Å². The maximum Gasteiger partial charge on any atom is 0.176 e. The topological polar surface area (TPSA) is 67.7 Å². The molecule has 0 amide bonds. The lowest BCUT2D eigenvalue weighted by atomic mass is 9.99. The summed E-state index contributed by atoms with van der Waals surface area (Å²) in [5, 5.41) is 2.52. The predicted molar refractivity (Wildman–Crippen MR) is 127 cm³/mol. The molecule has 0 spiro atoms. The zero-order valence-corrected chi connectivity index (χ0v) is 19.1. The van der Waals surface area contributed by atoms with Crippen molar-refractivity contribution in [1.29, 1.82) is 0 Å². The number of hydrogen-bond acceptors (Lipinski definition) is 7. The molecule has 0 aromatic heterocycles. The fraction of sp³-hybridized carbons (Fsp3) is 0.250. The number of rotatable bonds is 8. The third-order valence-electron chi connectivity index (χ3n) is 5.10. The summed E-state index contributed by atoms with van der Waals surface area (Å²) in [6.07, 6.45) is 1.81. The van der Waals surface area contributed by atoms with Gasteiger partial charge in [0.15, 0.2) is 17.3 Å². The first kappa shape index (κ1) is 21.9. The van der Waals surface area contributed by atoms with Crippen LogP contribution < -0.4 is 14.9 Å². The fourth-order valence-electron chi connectivity index (χ4n) is 3.60. The summed E-state index contributed by atoms with van der Waals surface area (Å²) < 4.78 is 16.6. The molecule has 7 nitrogen and oxygen atoms in total. The zero-order chi connectivity index (χ0) is 22.7. The van der Waals surface area contributed by atoms with Crippen molar-refractivity contribution < 1.29 is 14.2 Å². The molecule has 2 aliphatic heterocycles. The van der Waals surface area contributed by atoms with Gasteiger partial charge >= 0.3 is 0 Å². The molecule has 0 unspecified atom stereocenters. The number of ether oxygens (including phenoxy) is 3. The van der Waals surface area contributed by atoms with Gasteiger partial charge in [0.25, 0.3) is 0 Å². The van der Waals surface area contributed by atoms with Crippen molar-refractivity contribution in [1.82, 2.24) is 10.4 Å². The second-order valence-electron chi connectivity index (χ2n) is 7.22. The number of allylic oxidation sites excluding steroid dienone is 1. The molecular formula is C24H25ClN4O3. The van der Waals surface area contributed by atoms with E-state index in [4.69, 9.17) is 35.8 Å². The van der Waals surface area contributed by atoms with Crippen LogP contribution in [-0.4, -0.2) is 50.5 Å². The lowest BCUT2D eigenvalue weighted by molar-refractivity contribution is 0.144. The van der Waals surface area contributed by atoms with E-state index in [2.05, 4.69) is 12.0 Å². The van der Waals surface area contributed by atoms with Crippen LogP contribution in [0.1, 0.15) is 18.1 Å². The summed E-state index contributed by atoms with van der Waals surface area (Å²) >= 11 is 6.58. The molecule has 4 rings (SSSR count). The normalized spacial score (nSPS) is 14.7. The molecular weight excluding hydrogens is 428 g/mol. The van der Waals surface area contributed by atoms with Gasteiger partial charge in [-0.3, -0.25) is 10.4 Å².